The van der Waals surface area contributed by atoms with Crippen LogP contribution in [-0.4, -0.2) is 40.4 Å². The molecule has 104 valence electrons. The zero-order valence-electron chi connectivity index (χ0n) is 11.9. The fourth-order valence-electron chi connectivity index (χ4n) is 3.23. The largest absolute Gasteiger partial charge is 0.335 e. The van der Waals surface area contributed by atoms with Gasteiger partial charge in [0.15, 0.2) is 0 Å². The van der Waals surface area contributed by atoms with Crippen molar-refractivity contribution in [3.05, 3.63) is 11.4 Å². The molecule has 1 aromatic heterocycles. The molecule has 2 aliphatic heterocycles. The van der Waals surface area contributed by atoms with Crippen LogP contribution in [0.5, 0.6) is 0 Å². The summed E-state index contributed by atoms with van der Waals surface area (Å²) in [6.45, 7) is 6.19. The van der Waals surface area contributed by atoms with E-state index in [1.165, 1.54) is 32.1 Å². The first-order valence-electron chi connectivity index (χ1n) is 7.43. The van der Waals surface area contributed by atoms with Crippen LogP contribution < -0.4 is 10.2 Å². The average Bonchev–Trinajstić information content (AvgIpc) is 2.96. The Morgan fingerprint density at radius 1 is 1.05 bits per heavy atom. The number of nitrogens with one attached hydrogen (secondary N) is 1. The van der Waals surface area contributed by atoms with Gasteiger partial charge in [-0.1, -0.05) is 0 Å². The van der Waals surface area contributed by atoms with Crippen LogP contribution in [0.15, 0.2) is 0 Å². The first-order valence-corrected chi connectivity index (χ1v) is 7.43. The lowest BCUT2D eigenvalue weighted by Crippen LogP contribution is -2.51. The molecule has 2 fully saturated rings. The normalized spacial score (nSPS) is 27.8. The number of hydrogen-bond donors (Lipinski definition) is 1. The molecule has 3 heterocycles. The minimum Gasteiger partial charge on any atom is -0.335 e. The van der Waals surface area contributed by atoms with E-state index in [9.17, 15) is 0 Å². The van der Waals surface area contributed by atoms with E-state index in [4.69, 9.17) is 0 Å². The third kappa shape index (κ3) is 2.56. The van der Waals surface area contributed by atoms with Gasteiger partial charge in [-0.2, -0.15) is 5.10 Å². The number of anilines is 1. The van der Waals surface area contributed by atoms with E-state index < -0.39 is 0 Å². The van der Waals surface area contributed by atoms with Crippen LogP contribution in [0.4, 0.5) is 5.95 Å². The zero-order valence-corrected chi connectivity index (χ0v) is 11.9. The summed E-state index contributed by atoms with van der Waals surface area (Å²) >= 11 is 0. The standard InChI is InChI=1S/C14H23N5/c1-10-11(2)17-18-14(16-10)19-9-4-3-7-13(19)12-6-5-8-15-12/h12-13,15H,3-9H2,1-2H3. The van der Waals surface area contributed by atoms with Crippen LogP contribution in [0, 0.1) is 13.8 Å². The van der Waals surface area contributed by atoms with E-state index in [0.717, 1.165) is 30.4 Å². The summed E-state index contributed by atoms with van der Waals surface area (Å²) in [6.07, 6.45) is 6.37. The lowest BCUT2D eigenvalue weighted by Gasteiger charge is -2.39. The quantitative estimate of drug-likeness (QED) is 0.876. The molecule has 2 unspecified atom stereocenters. The molecule has 0 aliphatic carbocycles. The third-order valence-electron chi connectivity index (χ3n) is 4.45. The van der Waals surface area contributed by atoms with Crippen molar-refractivity contribution in [3.63, 3.8) is 0 Å². The van der Waals surface area contributed by atoms with Gasteiger partial charge in [-0.15, -0.1) is 5.10 Å². The highest BCUT2D eigenvalue weighted by Gasteiger charge is 2.33. The van der Waals surface area contributed by atoms with Crippen molar-refractivity contribution >= 4 is 5.95 Å². The molecule has 2 atom stereocenters. The van der Waals surface area contributed by atoms with Crippen LogP contribution in [0.2, 0.25) is 0 Å². The number of rotatable bonds is 2. The zero-order chi connectivity index (χ0) is 13.2. The Bertz CT molecular complexity index is 441. The molecule has 2 aliphatic rings. The van der Waals surface area contributed by atoms with Gasteiger partial charge in [0.1, 0.15) is 0 Å². The Labute approximate surface area is 114 Å². The summed E-state index contributed by atoms with van der Waals surface area (Å²) in [5.74, 6) is 0.821. The summed E-state index contributed by atoms with van der Waals surface area (Å²) in [5.41, 5.74) is 1.92. The smallest absolute Gasteiger partial charge is 0.245 e. The summed E-state index contributed by atoms with van der Waals surface area (Å²) in [7, 11) is 0. The highest BCUT2D eigenvalue weighted by Crippen LogP contribution is 2.27. The molecule has 5 nitrogen and oxygen atoms in total. The molecule has 19 heavy (non-hydrogen) atoms. The number of nitrogens with zero attached hydrogens (tertiary/aromatic N) is 4. The molecule has 0 amide bonds. The maximum atomic E-state index is 4.64. The Hall–Kier alpha value is -1.23. The van der Waals surface area contributed by atoms with Crippen LogP contribution >= 0.6 is 0 Å². The lowest BCUT2D eigenvalue weighted by molar-refractivity contribution is 0.372. The Morgan fingerprint density at radius 2 is 1.95 bits per heavy atom. The monoisotopic (exact) mass is 261 g/mol. The van der Waals surface area contributed by atoms with Crippen molar-refractivity contribution < 1.29 is 0 Å². The molecule has 0 bridgehead atoms. The molecule has 0 spiro atoms. The van der Waals surface area contributed by atoms with Gasteiger partial charge >= 0.3 is 0 Å². The molecule has 1 aromatic rings. The number of aryl methyl sites for hydroxylation is 2. The van der Waals surface area contributed by atoms with Gasteiger partial charge in [0.2, 0.25) is 5.95 Å². The van der Waals surface area contributed by atoms with Crippen LogP contribution in [0.1, 0.15) is 43.5 Å². The average molecular weight is 261 g/mol. The molecule has 2 saturated heterocycles. The molecule has 0 radical (unpaired) electrons. The molecule has 0 aromatic carbocycles. The second kappa shape index (κ2) is 5.41. The van der Waals surface area contributed by atoms with Crippen molar-refractivity contribution in [1.82, 2.24) is 20.5 Å². The summed E-state index contributed by atoms with van der Waals surface area (Å²) in [4.78, 5) is 7.02. The van der Waals surface area contributed by atoms with E-state index in [1.54, 1.807) is 0 Å². The maximum Gasteiger partial charge on any atom is 0.245 e. The predicted octanol–water partition coefficient (Wildman–Crippen LogP) is 1.60. The maximum absolute atomic E-state index is 4.64. The highest BCUT2D eigenvalue weighted by atomic mass is 15.3. The van der Waals surface area contributed by atoms with Crippen molar-refractivity contribution in [2.45, 2.75) is 58.0 Å². The van der Waals surface area contributed by atoms with E-state index in [2.05, 4.69) is 25.4 Å². The van der Waals surface area contributed by atoms with Crippen LogP contribution in [-0.2, 0) is 0 Å². The SMILES string of the molecule is Cc1nnc(N2CCCCC2C2CCCN2)nc1C. The van der Waals surface area contributed by atoms with Gasteiger partial charge in [0.25, 0.3) is 0 Å². The van der Waals surface area contributed by atoms with Crippen molar-refractivity contribution in [1.29, 1.82) is 0 Å². The molecule has 5 heteroatoms. The topological polar surface area (TPSA) is 53.9 Å². The summed E-state index contributed by atoms with van der Waals surface area (Å²) in [6, 6.07) is 1.14. The molecule has 1 N–H and O–H groups in total. The minimum absolute atomic E-state index is 0.542. The Balaban J connectivity index is 1.84. The third-order valence-corrected chi connectivity index (χ3v) is 4.45. The summed E-state index contributed by atoms with van der Waals surface area (Å²) < 4.78 is 0. The van der Waals surface area contributed by atoms with Crippen LogP contribution in [0.3, 0.4) is 0 Å². The van der Waals surface area contributed by atoms with E-state index in [0.29, 0.717) is 12.1 Å². The van der Waals surface area contributed by atoms with E-state index >= 15 is 0 Å². The number of piperidine rings is 1. The lowest BCUT2D eigenvalue weighted by atomic mass is 9.95. The van der Waals surface area contributed by atoms with Gasteiger partial charge in [-0.3, -0.25) is 0 Å². The van der Waals surface area contributed by atoms with Crippen LogP contribution in [0.25, 0.3) is 0 Å². The van der Waals surface area contributed by atoms with Crippen molar-refractivity contribution in [3.8, 4) is 0 Å². The van der Waals surface area contributed by atoms with Gasteiger partial charge in [-0.25, -0.2) is 4.98 Å². The second-order valence-corrected chi connectivity index (χ2v) is 5.74. The first-order chi connectivity index (χ1) is 9.25. The first kappa shape index (κ1) is 12.8. The Morgan fingerprint density at radius 3 is 2.68 bits per heavy atom. The molecular formula is C14H23N5. The van der Waals surface area contributed by atoms with Gasteiger partial charge in [0.05, 0.1) is 11.4 Å². The molecular weight excluding hydrogens is 238 g/mol. The molecule has 0 saturated carbocycles. The second-order valence-electron chi connectivity index (χ2n) is 5.74. The summed E-state index contributed by atoms with van der Waals surface area (Å²) in [5, 5.41) is 12.2. The number of aromatic nitrogens is 3. The Kier molecular flexibility index (Phi) is 3.64. The van der Waals surface area contributed by atoms with E-state index in [1.807, 2.05) is 13.8 Å². The van der Waals surface area contributed by atoms with E-state index in [-0.39, 0.29) is 0 Å². The van der Waals surface area contributed by atoms with Gasteiger partial charge in [-0.05, 0) is 52.5 Å². The van der Waals surface area contributed by atoms with Gasteiger partial charge < -0.3 is 10.2 Å². The highest BCUT2D eigenvalue weighted by molar-refractivity contribution is 5.33. The fraction of sp³-hybridized carbons (Fsp3) is 0.786. The predicted molar refractivity (Wildman–Crippen MR) is 75.3 cm³/mol. The number of hydrogen-bond acceptors (Lipinski definition) is 5. The van der Waals surface area contributed by atoms with Gasteiger partial charge in [0, 0.05) is 18.6 Å². The van der Waals surface area contributed by atoms with Crippen molar-refractivity contribution in [2.24, 2.45) is 0 Å². The molecule has 3 rings (SSSR count). The minimum atomic E-state index is 0.542. The van der Waals surface area contributed by atoms with Crippen molar-refractivity contribution in [2.75, 3.05) is 18.0 Å². The fourth-order valence-corrected chi connectivity index (χ4v) is 3.23.